The van der Waals surface area contributed by atoms with Crippen molar-refractivity contribution in [1.29, 1.82) is 0 Å². The van der Waals surface area contributed by atoms with E-state index in [-0.39, 0.29) is 0 Å². The summed E-state index contributed by atoms with van der Waals surface area (Å²) in [6.45, 7) is 2.66. The van der Waals surface area contributed by atoms with Crippen molar-refractivity contribution < 1.29 is 0 Å². The number of hydrogen-bond donors (Lipinski definition) is 1. The van der Waals surface area contributed by atoms with Crippen LogP contribution < -0.4 is 5.43 Å². The number of hydrazine groups is 1. The average molecular weight is 188 g/mol. The predicted molar refractivity (Wildman–Crippen MR) is 58.5 cm³/mol. The van der Waals surface area contributed by atoms with Gasteiger partial charge in [0.25, 0.3) is 0 Å². The summed E-state index contributed by atoms with van der Waals surface area (Å²) in [6.07, 6.45) is 3.27. The van der Waals surface area contributed by atoms with E-state index in [0.29, 0.717) is 6.67 Å². The van der Waals surface area contributed by atoms with Crippen LogP contribution in [0.3, 0.4) is 0 Å². The van der Waals surface area contributed by atoms with Crippen LogP contribution in [0.5, 0.6) is 0 Å². The second-order valence-electron chi connectivity index (χ2n) is 3.10. The van der Waals surface area contributed by atoms with E-state index in [4.69, 9.17) is 0 Å². The minimum Gasteiger partial charge on any atom is -0.296 e. The summed E-state index contributed by atoms with van der Waals surface area (Å²) in [6, 6.07) is 8.11. The third-order valence-electron chi connectivity index (χ3n) is 2.00. The van der Waals surface area contributed by atoms with Crippen LogP contribution in [0.2, 0.25) is 0 Å². The van der Waals surface area contributed by atoms with Gasteiger partial charge in [0.1, 0.15) is 19.3 Å². The third-order valence-corrected chi connectivity index (χ3v) is 2.00. The molecule has 1 aromatic rings. The number of nitrogens with one attached hydrogen (secondary N) is 1. The molecule has 1 aliphatic rings. The zero-order valence-corrected chi connectivity index (χ0v) is 8.01. The number of benzene rings is 1. The maximum atomic E-state index is 4.02. The molecule has 0 aromatic heterocycles. The summed E-state index contributed by atoms with van der Waals surface area (Å²) < 4.78 is 0. The lowest BCUT2D eigenvalue weighted by atomic mass is 10.2. The Hall–Kier alpha value is -1.84. The topological polar surface area (TPSA) is 40.0 Å². The second-order valence-corrected chi connectivity index (χ2v) is 3.10. The van der Waals surface area contributed by atoms with Gasteiger partial charge in [-0.15, -0.1) is 0 Å². The molecular formula is C10H12N4. The number of para-hydroxylation sites is 1. The molecule has 4 heteroatoms. The first-order valence-electron chi connectivity index (χ1n) is 4.47. The summed E-state index contributed by atoms with van der Waals surface area (Å²) in [4.78, 5) is 7.96. The van der Waals surface area contributed by atoms with Gasteiger partial charge in [-0.25, -0.2) is 4.99 Å². The predicted octanol–water partition coefficient (Wildman–Crippen LogP) is 1.65. The standard InChI is InChI=1S/C10H12N4/c1-9-4-2-3-5-10(9)13-14-7-11-6-12-8-14/h2-7,13H,8H2,1H3. The highest BCUT2D eigenvalue weighted by atomic mass is 15.5. The van der Waals surface area contributed by atoms with Gasteiger partial charge in [0.15, 0.2) is 0 Å². The van der Waals surface area contributed by atoms with Crippen LogP contribution in [0.25, 0.3) is 0 Å². The van der Waals surface area contributed by atoms with Crippen LogP contribution in [0.1, 0.15) is 5.56 Å². The molecule has 1 heterocycles. The second kappa shape index (κ2) is 3.91. The first-order valence-corrected chi connectivity index (χ1v) is 4.47. The largest absolute Gasteiger partial charge is 0.296 e. The smallest absolute Gasteiger partial charge is 0.132 e. The van der Waals surface area contributed by atoms with E-state index >= 15 is 0 Å². The molecule has 0 fully saturated rings. The van der Waals surface area contributed by atoms with Crippen molar-refractivity contribution in [2.45, 2.75) is 6.92 Å². The highest BCUT2D eigenvalue weighted by molar-refractivity contribution is 5.74. The van der Waals surface area contributed by atoms with E-state index in [1.807, 2.05) is 23.2 Å². The minimum atomic E-state index is 0.595. The monoisotopic (exact) mass is 188 g/mol. The van der Waals surface area contributed by atoms with E-state index in [0.717, 1.165) is 5.69 Å². The van der Waals surface area contributed by atoms with Crippen molar-refractivity contribution in [3.63, 3.8) is 0 Å². The van der Waals surface area contributed by atoms with Crippen LogP contribution in [-0.2, 0) is 0 Å². The minimum absolute atomic E-state index is 0.595. The molecule has 1 aliphatic heterocycles. The van der Waals surface area contributed by atoms with Crippen molar-refractivity contribution in [1.82, 2.24) is 5.01 Å². The number of nitrogens with zero attached hydrogens (tertiary/aromatic N) is 3. The van der Waals surface area contributed by atoms with Crippen molar-refractivity contribution in [2.75, 3.05) is 12.1 Å². The van der Waals surface area contributed by atoms with Crippen molar-refractivity contribution in [3.05, 3.63) is 29.8 Å². The molecule has 72 valence electrons. The number of rotatable bonds is 2. The van der Waals surface area contributed by atoms with E-state index in [2.05, 4.69) is 28.4 Å². The molecule has 0 unspecified atom stereocenters. The average Bonchev–Trinajstić information content (AvgIpc) is 2.23. The molecule has 0 spiro atoms. The molecule has 0 aliphatic carbocycles. The van der Waals surface area contributed by atoms with Crippen LogP contribution >= 0.6 is 0 Å². The van der Waals surface area contributed by atoms with Gasteiger partial charge in [-0.2, -0.15) is 0 Å². The maximum absolute atomic E-state index is 4.02. The molecule has 0 atom stereocenters. The lowest BCUT2D eigenvalue weighted by molar-refractivity contribution is 0.524. The van der Waals surface area contributed by atoms with Gasteiger partial charge in [-0.1, -0.05) is 18.2 Å². The van der Waals surface area contributed by atoms with Gasteiger partial charge in [-0.3, -0.25) is 15.4 Å². The molecule has 0 saturated carbocycles. The normalized spacial score (nSPS) is 14.5. The van der Waals surface area contributed by atoms with Gasteiger partial charge in [0.2, 0.25) is 0 Å². The Morgan fingerprint density at radius 2 is 2.21 bits per heavy atom. The van der Waals surface area contributed by atoms with Crippen LogP contribution in [0, 0.1) is 6.92 Å². The Morgan fingerprint density at radius 1 is 1.36 bits per heavy atom. The maximum Gasteiger partial charge on any atom is 0.132 e. The van der Waals surface area contributed by atoms with Gasteiger partial charge in [0.05, 0.1) is 5.69 Å². The summed E-state index contributed by atoms with van der Waals surface area (Å²) in [7, 11) is 0. The summed E-state index contributed by atoms with van der Waals surface area (Å²) >= 11 is 0. The molecule has 0 amide bonds. The van der Waals surface area contributed by atoms with E-state index in [9.17, 15) is 0 Å². The Kier molecular flexibility index (Phi) is 2.44. The zero-order valence-electron chi connectivity index (χ0n) is 8.01. The quantitative estimate of drug-likeness (QED) is 0.766. The summed E-state index contributed by atoms with van der Waals surface area (Å²) in [5.74, 6) is 0. The number of anilines is 1. The molecule has 4 nitrogen and oxygen atoms in total. The summed E-state index contributed by atoms with van der Waals surface area (Å²) in [5, 5.41) is 1.84. The Labute approximate surface area is 83.0 Å². The molecule has 0 radical (unpaired) electrons. The van der Waals surface area contributed by atoms with Gasteiger partial charge in [-0.05, 0) is 18.6 Å². The molecule has 14 heavy (non-hydrogen) atoms. The highest BCUT2D eigenvalue weighted by Crippen LogP contribution is 2.13. The zero-order chi connectivity index (χ0) is 9.80. The molecule has 0 bridgehead atoms. The van der Waals surface area contributed by atoms with E-state index in [1.54, 1.807) is 12.7 Å². The van der Waals surface area contributed by atoms with Crippen molar-refractivity contribution in [2.24, 2.45) is 9.98 Å². The molecular weight excluding hydrogens is 176 g/mol. The van der Waals surface area contributed by atoms with Crippen LogP contribution in [-0.4, -0.2) is 24.4 Å². The number of aryl methyl sites for hydroxylation is 1. The molecule has 1 aromatic carbocycles. The fourth-order valence-electron chi connectivity index (χ4n) is 1.24. The first-order chi connectivity index (χ1) is 6.86. The van der Waals surface area contributed by atoms with E-state index in [1.165, 1.54) is 5.56 Å². The lowest BCUT2D eigenvalue weighted by Crippen LogP contribution is -2.30. The molecule has 1 N–H and O–H groups in total. The third kappa shape index (κ3) is 1.90. The SMILES string of the molecule is Cc1ccccc1NN1C=NC=NC1. The highest BCUT2D eigenvalue weighted by Gasteiger charge is 2.02. The summed E-state index contributed by atoms with van der Waals surface area (Å²) in [5.41, 5.74) is 5.50. The number of hydrogen-bond acceptors (Lipinski definition) is 4. The molecule has 0 saturated heterocycles. The van der Waals surface area contributed by atoms with Crippen molar-refractivity contribution in [3.8, 4) is 0 Å². The fraction of sp³-hybridized carbons (Fsp3) is 0.200. The lowest BCUT2D eigenvalue weighted by Gasteiger charge is -2.21. The van der Waals surface area contributed by atoms with E-state index < -0.39 is 0 Å². The van der Waals surface area contributed by atoms with Crippen LogP contribution in [0.15, 0.2) is 34.3 Å². The van der Waals surface area contributed by atoms with Crippen molar-refractivity contribution >= 4 is 18.4 Å². The van der Waals surface area contributed by atoms with Gasteiger partial charge >= 0.3 is 0 Å². The fourth-order valence-corrected chi connectivity index (χ4v) is 1.24. The molecule has 2 rings (SSSR count). The Balaban J connectivity index is 2.07. The van der Waals surface area contributed by atoms with Gasteiger partial charge in [0, 0.05) is 0 Å². The number of aliphatic imine (C=N–C) groups is 2. The van der Waals surface area contributed by atoms with Gasteiger partial charge < -0.3 is 0 Å². The first kappa shape index (κ1) is 8.74. The Bertz CT molecular complexity index is 370. The Morgan fingerprint density at radius 3 is 2.93 bits per heavy atom. The van der Waals surface area contributed by atoms with Crippen LogP contribution in [0.4, 0.5) is 5.69 Å².